The van der Waals surface area contributed by atoms with Crippen molar-refractivity contribution < 1.29 is 19.0 Å². The molecule has 3 aromatic heterocycles. The third-order valence-electron chi connectivity index (χ3n) is 6.15. The molecule has 2 aliphatic rings. The summed E-state index contributed by atoms with van der Waals surface area (Å²) in [6.07, 6.45) is 2.52. The van der Waals surface area contributed by atoms with E-state index in [2.05, 4.69) is 30.5 Å². The lowest BCUT2D eigenvalue weighted by Gasteiger charge is -2.33. The van der Waals surface area contributed by atoms with Crippen LogP contribution in [0.15, 0.2) is 30.5 Å². The Morgan fingerprint density at radius 1 is 1.29 bits per heavy atom. The van der Waals surface area contributed by atoms with Gasteiger partial charge in [0.15, 0.2) is 18.2 Å². The summed E-state index contributed by atoms with van der Waals surface area (Å²) in [5, 5.41) is 6.15. The van der Waals surface area contributed by atoms with Gasteiger partial charge in [0.1, 0.15) is 0 Å². The van der Waals surface area contributed by atoms with E-state index in [-0.39, 0.29) is 18.6 Å². The fraction of sp³-hybridized carbons (Fsp3) is 0.417. The first-order valence-corrected chi connectivity index (χ1v) is 11.6. The highest BCUT2D eigenvalue weighted by atomic mass is 16.5. The number of rotatable bonds is 8. The standard InChI is InChI=1S/C24H29N7O4/c1-33-22-5-3-19-23(30-22)17(18(25)12-27-19)6-7-31-8-9-34-16(13-31)11-26-10-15-2-4-20-24(28-15)29-21(32)14-35-20/h2-5,12,16,26H,6-11,13-14,25H2,1H3,(H,28,29,32)/t16-/m0/s1. The highest BCUT2D eigenvalue weighted by molar-refractivity contribution is 5.94. The Morgan fingerprint density at radius 2 is 2.20 bits per heavy atom. The quantitative estimate of drug-likeness (QED) is 0.429. The SMILES string of the molecule is COc1ccc2ncc(N)c(CCN3CCO[C@@H](CNCc4ccc5c(n4)NC(=O)CO5)C3)c2n1. The normalized spacial score (nSPS) is 18.1. The van der Waals surface area contributed by atoms with Crippen LogP contribution >= 0.6 is 0 Å². The Bertz CT molecular complexity index is 1220. The van der Waals surface area contributed by atoms with Crippen molar-refractivity contribution in [3.63, 3.8) is 0 Å². The number of nitrogens with zero attached hydrogens (tertiary/aromatic N) is 4. The number of nitrogens with one attached hydrogen (secondary N) is 2. The van der Waals surface area contributed by atoms with Gasteiger partial charge in [-0.05, 0) is 24.6 Å². The van der Waals surface area contributed by atoms with Crippen molar-refractivity contribution >= 4 is 28.4 Å². The van der Waals surface area contributed by atoms with E-state index >= 15 is 0 Å². The Hall–Kier alpha value is -3.54. The third-order valence-corrected chi connectivity index (χ3v) is 6.15. The van der Waals surface area contributed by atoms with Crippen molar-refractivity contribution in [2.45, 2.75) is 19.1 Å². The van der Waals surface area contributed by atoms with Gasteiger partial charge in [0.05, 0.1) is 48.4 Å². The summed E-state index contributed by atoms with van der Waals surface area (Å²) in [7, 11) is 1.60. The summed E-state index contributed by atoms with van der Waals surface area (Å²) >= 11 is 0. The van der Waals surface area contributed by atoms with E-state index < -0.39 is 0 Å². The van der Waals surface area contributed by atoms with Crippen LogP contribution in [0.3, 0.4) is 0 Å². The Balaban J connectivity index is 1.14. The summed E-state index contributed by atoms with van der Waals surface area (Å²) in [5.41, 5.74) is 10.3. The first kappa shape index (κ1) is 23.2. The molecule has 2 aliphatic heterocycles. The summed E-state index contributed by atoms with van der Waals surface area (Å²) in [5.74, 6) is 1.42. The largest absolute Gasteiger partial charge is 0.481 e. The molecule has 1 saturated heterocycles. The lowest BCUT2D eigenvalue weighted by molar-refractivity contribution is -0.118. The summed E-state index contributed by atoms with van der Waals surface area (Å²) in [6, 6.07) is 7.43. The van der Waals surface area contributed by atoms with E-state index in [1.165, 1.54) is 0 Å². The minimum Gasteiger partial charge on any atom is -0.481 e. The molecule has 0 spiro atoms. The molecule has 1 atom stereocenters. The number of methoxy groups -OCH3 is 1. The van der Waals surface area contributed by atoms with Crippen LogP contribution in [0.2, 0.25) is 0 Å². The van der Waals surface area contributed by atoms with Gasteiger partial charge in [-0.15, -0.1) is 0 Å². The zero-order valence-electron chi connectivity index (χ0n) is 19.6. The number of pyridine rings is 3. The van der Waals surface area contributed by atoms with E-state index in [1.807, 2.05) is 18.2 Å². The number of morpholine rings is 1. The van der Waals surface area contributed by atoms with Crippen molar-refractivity contribution in [1.82, 2.24) is 25.2 Å². The molecule has 0 aliphatic carbocycles. The third kappa shape index (κ3) is 5.42. The van der Waals surface area contributed by atoms with Crippen molar-refractivity contribution in [2.24, 2.45) is 0 Å². The minimum atomic E-state index is -0.192. The summed E-state index contributed by atoms with van der Waals surface area (Å²) < 4.78 is 16.6. The number of carbonyl (C=O) groups is 1. The molecule has 0 unspecified atom stereocenters. The van der Waals surface area contributed by atoms with Crippen molar-refractivity contribution in [3.8, 4) is 11.6 Å². The van der Waals surface area contributed by atoms with Crippen LogP contribution in [0, 0.1) is 0 Å². The van der Waals surface area contributed by atoms with Crippen LogP contribution in [0.1, 0.15) is 11.3 Å². The predicted molar refractivity (Wildman–Crippen MR) is 130 cm³/mol. The number of aromatic nitrogens is 3. The smallest absolute Gasteiger partial charge is 0.263 e. The zero-order valence-corrected chi connectivity index (χ0v) is 19.6. The van der Waals surface area contributed by atoms with Crippen LogP contribution in [0.25, 0.3) is 11.0 Å². The van der Waals surface area contributed by atoms with Crippen molar-refractivity contribution in [1.29, 1.82) is 0 Å². The fourth-order valence-electron chi connectivity index (χ4n) is 4.33. The van der Waals surface area contributed by atoms with E-state index in [9.17, 15) is 4.79 Å². The molecule has 11 nitrogen and oxygen atoms in total. The molecule has 0 saturated carbocycles. The van der Waals surface area contributed by atoms with Crippen molar-refractivity contribution in [2.75, 3.05) is 57.6 Å². The molecular weight excluding hydrogens is 450 g/mol. The monoisotopic (exact) mass is 479 g/mol. The molecule has 5 rings (SSSR count). The van der Waals surface area contributed by atoms with Gasteiger partial charge in [-0.1, -0.05) is 0 Å². The van der Waals surface area contributed by atoms with E-state index in [0.717, 1.165) is 48.3 Å². The predicted octanol–water partition coefficient (Wildman–Crippen LogP) is 0.980. The number of hydrogen-bond donors (Lipinski definition) is 3. The van der Waals surface area contributed by atoms with Gasteiger partial charge in [-0.2, -0.15) is 0 Å². The Morgan fingerprint density at radius 3 is 3.09 bits per heavy atom. The highest BCUT2D eigenvalue weighted by Crippen LogP contribution is 2.26. The Labute approximate surface area is 203 Å². The van der Waals surface area contributed by atoms with Gasteiger partial charge in [0, 0.05) is 44.4 Å². The highest BCUT2D eigenvalue weighted by Gasteiger charge is 2.22. The zero-order chi connectivity index (χ0) is 24.2. The van der Waals surface area contributed by atoms with E-state index in [0.29, 0.717) is 42.8 Å². The molecular formula is C24H29N7O4. The molecule has 1 amide bonds. The van der Waals surface area contributed by atoms with E-state index in [4.69, 9.17) is 19.9 Å². The molecule has 0 bridgehead atoms. The summed E-state index contributed by atoms with van der Waals surface area (Å²) in [4.78, 5) is 27.3. The van der Waals surface area contributed by atoms with E-state index in [1.54, 1.807) is 19.4 Å². The van der Waals surface area contributed by atoms with Crippen molar-refractivity contribution in [3.05, 3.63) is 41.7 Å². The average molecular weight is 480 g/mol. The van der Waals surface area contributed by atoms with Gasteiger partial charge in [-0.25, -0.2) is 9.97 Å². The van der Waals surface area contributed by atoms with Gasteiger partial charge in [0.2, 0.25) is 5.88 Å². The first-order chi connectivity index (χ1) is 17.1. The Kier molecular flexibility index (Phi) is 6.89. The van der Waals surface area contributed by atoms with Crippen LogP contribution in [-0.4, -0.2) is 78.4 Å². The van der Waals surface area contributed by atoms with Gasteiger partial charge < -0.3 is 30.6 Å². The molecule has 5 heterocycles. The van der Waals surface area contributed by atoms with Gasteiger partial charge in [-0.3, -0.25) is 14.7 Å². The topological polar surface area (TPSA) is 137 Å². The average Bonchev–Trinajstić information content (AvgIpc) is 2.88. The molecule has 184 valence electrons. The molecule has 3 aromatic rings. The van der Waals surface area contributed by atoms with Gasteiger partial charge in [0.25, 0.3) is 5.91 Å². The van der Waals surface area contributed by atoms with Gasteiger partial charge >= 0.3 is 0 Å². The van der Waals surface area contributed by atoms with Crippen LogP contribution in [0.4, 0.5) is 11.5 Å². The number of carbonyl (C=O) groups excluding carboxylic acids is 1. The van der Waals surface area contributed by atoms with Crippen LogP contribution < -0.4 is 25.8 Å². The maximum atomic E-state index is 11.5. The lowest BCUT2D eigenvalue weighted by atomic mass is 10.1. The van der Waals surface area contributed by atoms with Crippen LogP contribution in [-0.2, 0) is 22.5 Å². The number of anilines is 2. The number of ether oxygens (including phenoxy) is 3. The molecule has 11 heteroatoms. The number of amides is 1. The number of hydrogen-bond acceptors (Lipinski definition) is 10. The molecule has 0 radical (unpaired) electrons. The van der Waals surface area contributed by atoms with Crippen LogP contribution in [0.5, 0.6) is 11.6 Å². The molecule has 0 aromatic carbocycles. The first-order valence-electron chi connectivity index (χ1n) is 11.6. The number of nitrogens with two attached hydrogens (primary N) is 1. The second kappa shape index (κ2) is 10.4. The fourth-order valence-corrected chi connectivity index (χ4v) is 4.33. The maximum Gasteiger partial charge on any atom is 0.263 e. The second-order valence-electron chi connectivity index (χ2n) is 8.57. The molecule has 35 heavy (non-hydrogen) atoms. The lowest BCUT2D eigenvalue weighted by Crippen LogP contribution is -2.47. The number of fused-ring (bicyclic) bond motifs is 2. The maximum absolute atomic E-state index is 11.5. The molecule has 4 N–H and O–H groups in total. The second-order valence-corrected chi connectivity index (χ2v) is 8.57. The number of nitrogen functional groups attached to an aromatic ring is 1. The minimum absolute atomic E-state index is 0.0243. The molecule has 1 fully saturated rings. The summed E-state index contributed by atoms with van der Waals surface area (Å²) in [6.45, 7) is 4.47.